The van der Waals surface area contributed by atoms with Crippen LogP contribution in [0.25, 0.3) is 11.0 Å². The monoisotopic (exact) mass is 176 g/mol. The lowest BCUT2D eigenvalue weighted by Crippen LogP contribution is -1.86. The highest BCUT2D eigenvalue weighted by Gasteiger charge is 2.07. The molecule has 1 N–H and O–H groups in total. The highest BCUT2D eigenvalue weighted by atomic mass is 16.5. The van der Waals surface area contributed by atoms with Crippen molar-refractivity contribution in [3.63, 3.8) is 0 Å². The van der Waals surface area contributed by atoms with Crippen LogP contribution in [0.4, 0.5) is 0 Å². The van der Waals surface area contributed by atoms with Crippen LogP contribution in [0.5, 0.6) is 5.75 Å². The Labute approximate surface area is 76.8 Å². The van der Waals surface area contributed by atoms with E-state index in [0.717, 1.165) is 23.2 Å². The average molecular weight is 176 g/mol. The zero-order valence-corrected chi connectivity index (χ0v) is 7.79. The van der Waals surface area contributed by atoms with Gasteiger partial charge in [0.1, 0.15) is 11.4 Å². The summed E-state index contributed by atoms with van der Waals surface area (Å²) in [5, 5.41) is 1.10. The Hall–Kier alpha value is -1.51. The van der Waals surface area contributed by atoms with Gasteiger partial charge in [-0.2, -0.15) is 0 Å². The van der Waals surface area contributed by atoms with Crippen molar-refractivity contribution in [2.45, 2.75) is 13.3 Å². The molecule has 0 saturated heterocycles. The number of aromatic amines is 1. The lowest BCUT2D eigenvalue weighted by molar-refractivity contribution is 0.419. The number of hydrogen-bond acceptors (Lipinski definition) is 2. The predicted molar refractivity (Wildman–Crippen MR) is 52.0 cm³/mol. The van der Waals surface area contributed by atoms with Gasteiger partial charge in [0.2, 0.25) is 0 Å². The van der Waals surface area contributed by atoms with Crippen LogP contribution >= 0.6 is 0 Å². The summed E-state index contributed by atoms with van der Waals surface area (Å²) in [7, 11) is 1.68. The Morgan fingerprint density at radius 2 is 2.38 bits per heavy atom. The number of hydrogen-bond donors (Lipinski definition) is 1. The molecule has 0 aliphatic rings. The highest BCUT2D eigenvalue weighted by Crippen LogP contribution is 2.26. The number of rotatable bonds is 2. The second-order valence-electron chi connectivity index (χ2n) is 2.90. The van der Waals surface area contributed by atoms with Gasteiger partial charge in [-0.1, -0.05) is 6.92 Å². The van der Waals surface area contributed by atoms with Gasteiger partial charge in [-0.25, -0.2) is 4.98 Å². The number of nitrogens with zero attached hydrogens (tertiary/aromatic N) is 1. The lowest BCUT2D eigenvalue weighted by Gasteiger charge is -2.01. The quantitative estimate of drug-likeness (QED) is 0.761. The molecule has 0 amide bonds. The largest absolute Gasteiger partial charge is 0.496 e. The first-order valence-corrected chi connectivity index (χ1v) is 4.35. The van der Waals surface area contributed by atoms with Crippen molar-refractivity contribution in [2.24, 2.45) is 0 Å². The van der Waals surface area contributed by atoms with E-state index in [9.17, 15) is 0 Å². The minimum absolute atomic E-state index is 0.892. The van der Waals surface area contributed by atoms with Crippen LogP contribution in [-0.4, -0.2) is 17.1 Å². The van der Waals surface area contributed by atoms with E-state index in [2.05, 4.69) is 16.9 Å². The lowest BCUT2D eigenvalue weighted by atomic mass is 10.1. The molecule has 0 aliphatic heterocycles. The molecule has 3 nitrogen and oxygen atoms in total. The summed E-state index contributed by atoms with van der Waals surface area (Å²) in [4.78, 5) is 7.35. The van der Waals surface area contributed by atoms with Crippen LogP contribution in [0.1, 0.15) is 12.5 Å². The molecule has 0 atom stereocenters. The van der Waals surface area contributed by atoms with E-state index in [-0.39, 0.29) is 0 Å². The minimum atomic E-state index is 0.892. The molecule has 2 aromatic heterocycles. The van der Waals surface area contributed by atoms with Crippen molar-refractivity contribution in [1.29, 1.82) is 0 Å². The Morgan fingerprint density at radius 3 is 3.08 bits per heavy atom. The summed E-state index contributed by atoms with van der Waals surface area (Å²) in [5.74, 6) is 0.892. The van der Waals surface area contributed by atoms with Crippen LogP contribution in [0.15, 0.2) is 18.5 Å². The van der Waals surface area contributed by atoms with Crippen LogP contribution in [0, 0.1) is 0 Å². The van der Waals surface area contributed by atoms with E-state index in [1.165, 1.54) is 5.56 Å². The van der Waals surface area contributed by atoms with Crippen LogP contribution in [0.3, 0.4) is 0 Å². The highest BCUT2D eigenvalue weighted by molar-refractivity contribution is 5.86. The summed E-state index contributed by atoms with van der Waals surface area (Å²) in [5.41, 5.74) is 2.15. The molecular formula is C10H12N2O. The normalized spacial score (nSPS) is 10.6. The number of H-pyrrole nitrogens is 1. The SMILES string of the molecule is CCc1c[nH]c2nccc(OC)c12. The summed E-state index contributed by atoms with van der Waals surface area (Å²) in [6, 6.07) is 1.88. The molecule has 2 heterocycles. The van der Waals surface area contributed by atoms with Crippen molar-refractivity contribution in [1.82, 2.24) is 9.97 Å². The zero-order chi connectivity index (χ0) is 9.26. The second-order valence-corrected chi connectivity index (χ2v) is 2.90. The van der Waals surface area contributed by atoms with Gasteiger partial charge >= 0.3 is 0 Å². The minimum Gasteiger partial charge on any atom is -0.496 e. The number of fused-ring (bicyclic) bond motifs is 1. The van der Waals surface area contributed by atoms with E-state index in [1.807, 2.05) is 12.3 Å². The van der Waals surface area contributed by atoms with Crippen molar-refractivity contribution in [2.75, 3.05) is 7.11 Å². The smallest absolute Gasteiger partial charge is 0.141 e. The van der Waals surface area contributed by atoms with Gasteiger partial charge in [0.15, 0.2) is 0 Å². The molecule has 0 saturated carbocycles. The Bertz CT molecular complexity index is 420. The maximum atomic E-state index is 5.27. The standard InChI is InChI=1S/C10H12N2O/c1-3-7-6-12-10-9(7)8(13-2)4-5-11-10/h4-6H,3H2,1-2H3,(H,11,12). The number of nitrogens with one attached hydrogen (secondary N) is 1. The molecule has 0 bridgehead atoms. The van der Waals surface area contributed by atoms with Crippen molar-refractivity contribution >= 4 is 11.0 Å². The second kappa shape index (κ2) is 3.09. The Balaban J connectivity index is 2.76. The molecule has 2 rings (SSSR count). The molecule has 0 fully saturated rings. The third-order valence-electron chi connectivity index (χ3n) is 2.22. The Morgan fingerprint density at radius 1 is 1.54 bits per heavy atom. The van der Waals surface area contributed by atoms with E-state index in [4.69, 9.17) is 4.74 Å². The van der Waals surface area contributed by atoms with E-state index >= 15 is 0 Å². The summed E-state index contributed by atoms with van der Waals surface area (Å²) >= 11 is 0. The van der Waals surface area contributed by atoms with Crippen molar-refractivity contribution in [3.05, 3.63) is 24.0 Å². The van der Waals surface area contributed by atoms with Gasteiger partial charge in [0, 0.05) is 12.4 Å². The fourth-order valence-corrected chi connectivity index (χ4v) is 1.54. The molecule has 0 spiro atoms. The van der Waals surface area contributed by atoms with Crippen molar-refractivity contribution < 1.29 is 4.74 Å². The van der Waals surface area contributed by atoms with Gasteiger partial charge in [0.25, 0.3) is 0 Å². The zero-order valence-electron chi connectivity index (χ0n) is 7.79. The first-order chi connectivity index (χ1) is 6.36. The molecule has 2 aromatic rings. The maximum Gasteiger partial charge on any atom is 0.141 e. The first-order valence-electron chi connectivity index (χ1n) is 4.35. The first kappa shape index (κ1) is 8.10. The van der Waals surface area contributed by atoms with E-state index < -0.39 is 0 Å². The van der Waals surface area contributed by atoms with Gasteiger partial charge in [-0.05, 0) is 18.1 Å². The molecule has 13 heavy (non-hydrogen) atoms. The third kappa shape index (κ3) is 1.16. The topological polar surface area (TPSA) is 37.9 Å². The number of ether oxygens (including phenoxy) is 1. The third-order valence-corrected chi connectivity index (χ3v) is 2.22. The van der Waals surface area contributed by atoms with Crippen LogP contribution in [0.2, 0.25) is 0 Å². The van der Waals surface area contributed by atoms with Gasteiger partial charge in [-0.15, -0.1) is 0 Å². The molecule has 0 aliphatic carbocycles. The van der Waals surface area contributed by atoms with E-state index in [1.54, 1.807) is 13.3 Å². The number of aryl methyl sites for hydroxylation is 1. The number of aromatic nitrogens is 2. The molecule has 3 heteroatoms. The van der Waals surface area contributed by atoms with Gasteiger partial charge in [-0.3, -0.25) is 0 Å². The number of pyridine rings is 1. The van der Waals surface area contributed by atoms with Gasteiger partial charge in [0.05, 0.1) is 12.5 Å². The molecule has 0 aromatic carbocycles. The molecular weight excluding hydrogens is 164 g/mol. The van der Waals surface area contributed by atoms with Crippen LogP contribution < -0.4 is 4.74 Å². The summed E-state index contributed by atoms with van der Waals surface area (Å²) < 4.78 is 5.27. The maximum absolute atomic E-state index is 5.27. The average Bonchev–Trinajstić information content (AvgIpc) is 2.60. The summed E-state index contributed by atoms with van der Waals surface area (Å²) in [6.07, 6.45) is 4.72. The Kier molecular flexibility index (Phi) is 1.93. The van der Waals surface area contributed by atoms with E-state index in [0.29, 0.717) is 0 Å². The molecule has 0 radical (unpaired) electrons. The fraction of sp³-hybridized carbons (Fsp3) is 0.300. The van der Waals surface area contributed by atoms with Crippen molar-refractivity contribution in [3.8, 4) is 5.75 Å². The number of methoxy groups -OCH3 is 1. The predicted octanol–water partition coefficient (Wildman–Crippen LogP) is 2.13. The summed E-state index contributed by atoms with van der Waals surface area (Å²) in [6.45, 7) is 2.12. The van der Waals surface area contributed by atoms with Gasteiger partial charge < -0.3 is 9.72 Å². The fourth-order valence-electron chi connectivity index (χ4n) is 1.54. The van der Waals surface area contributed by atoms with Crippen LogP contribution in [-0.2, 0) is 6.42 Å². The molecule has 0 unspecified atom stereocenters. The molecule has 68 valence electrons.